The van der Waals surface area contributed by atoms with E-state index in [0.29, 0.717) is 22.6 Å². The molecule has 0 aliphatic carbocycles. The van der Waals surface area contributed by atoms with Crippen LogP contribution in [0.3, 0.4) is 0 Å². The summed E-state index contributed by atoms with van der Waals surface area (Å²) in [5.41, 5.74) is 7.85. The molecule has 2 rings (SSSR count). The third-order valence-electron chi connectivity index (χ3n) is 2.89. The highest BCUT2D eigenvalue weighted by molar-refractivity contribution is 6.06. The van der Waals surface area contributed by atoms with E-state index < -0.39 is 5.97 Å². The van der Waals surface area contributed by atoms with Gasteiger partial charge in [-0.25, -0.2) is 4.79 Å². The molecule has 2 aromatic rings. The Hall–Kier alpha value is -2.96. The molecule has 0 radical (unpaired) electrons. The van der Waals surface area contributed by atoms with Gasteiger partial charge in [-0.1, -0.05) is 0 Å². The van der Waals surface area contributed by atoms with Crippen molar-refractivity contribution in [3.63, 3.8) is 0 Å². The van der Waals surface area contributed by atoms with Gasteiger partial charge in [0.15, 0.2) is 0 Å². The monoisotopic (exact) mass is 286 g/mol. The van der Waals surface area contributed by atoms with Crippen LogP contribution in [-0.4, -0.2) is 27.2 Å². The Morgan fingerprint density at radius 1 is 1.19 bits per heavy atom. The molecule has 0 atom stereocenters. The van der Waals surface area contributed by atoms with Gasteiger partial charge in [-0.05, 0) is 38.1 Å². The zero-order chi connectivity index (χ0) is 15.6. The predicted octanol–water partition coefficient (Wildman–Crippen LogP) is 1.63. The van der Waals surface area contributed by atoms with E-state index in [1.165, 1.54) is 18.2 Å². The lowest BCUT2D eigenvalue weighted by Crippen LogP contribution is -2.16. The number of carbonyl (C=O) groups excluding carboxylic acids is 1. The van der Waals surface area contributed by atoms with Gasteiger partial charge in [-0.2, -0.15) is 10.2 Å². The Kier molecular flexibility index (Phi) is 3.84. The molecule has 0 bridgehead atoms. The Morgan fingerprint density at radius 3 is 2.52 bits per heavy atom. The van der Waals surface area contributed by atoms with E-state index in [-0.39, 0.29) is 17.2 Å². The first-order valence-corrected chi connectivity index (χ1v) is 6.13. The van der Waals surface area contributed by atoms with E-state index in [1.807, 2.05) is 0 Å². The second-order valence-electron chi connectivity index (χ2n) is 4.55. The fraction of sp³-hybridized carbons (Fsp3) is 0.143. The summed E-state index contributed by atoms with van der Waals surface area (Å²) in [4.78, 5) is 23.0. The number of aryl methyl sites for hydroxylation is 2. The van der Waals surface area contributed by atoms with Crippen molar-refractivity contribution >= 4 is 23.3 Å². The van der Waals surface area contributed by atoms with Crippen molar-refractivity contribution in [2.75, 3.05) is 11.1 Å². The van der Waals surface area contributed by atoms with Gasteiger partial charge in [-0.15, -0.1) is 0 Å². The van der Waals surface area contributed by atoms with Crippen molar-refractivity contribution in [1.29, 1.82) is 0 Å². The van der Waals surface area contributed by atoms with E-state index in [1.54, 1.807) is 19.9 Å². The smallest absolute Gasteiger partial charge is 0.335 e. The van der Waals surface area contributed by atoms with Crippen LogP contribution in [0.4, 0.5) is 11.4 Å². The molecule has 1 heterocycles. The van der Waals surface area contributed by atoms with Crippen LogP contribution < -0.4 is 11.1 Å². The molecule has 0 spiro atoms. The van der Waals surface area contributed by atoms with Gasteiger partial charge in [0.2, 0.25) is 0 Å². The number of carboxylic acid groups (broad SMARTS) is 1. The van der Waals surface area contributed by atoms with E-state index in [2.05, 4.69) is 15.5 Å². The Morgan fingerprint density at radius 2 is 1.90 bits per heavy atom. The zero-order valence-corrected chi connectivity index (χ0v) is 11.5. The summed E-state index contributed by atoms with van der Waals surface area (Å²) >= 11 is 0. The molecule has 1 aromatic carbocycles. The van der Waals surface area contributed by atoms with Crippen LogP contribution in [0.5, 0.6) is 0 Å². The summed E-state index contributed by atoms with van der Waals surface area (Å²) in [6.07, 6.45) is 0. The summed E-state index contributed by atoms with van der Waals surface area (Å²) < 4.78 is 0. The molecule has 0 aliphatic rings. The van der Waals surface area contributed by atoms with Crippen molar-refractivity contribution < 1.29 is 14.7 Å². The number of carbonyl (C=O) groups is 2. The molecule has 7 heteroatoms. The van der Waals surface area contributed by atoms with Crippen LogP contribution in [0.15, 0.2) is 24.3 Å². The molecule has 21 heavy (non-hydrogen) atoms. The molecule has 1 amide bonds. The van der Waals surface area contributed by atoms with Gasteiger partial charge in [0, 0.05) is 0 Å². The molecule has 0 saturated heterocycles. The molecule has 0 unspecified atom stereocenters. The SMILES string of the molecule is Cc1cc(C(=O)Nc2ccc(C(=O)O)cc2N)c(C)nn1. The number of nitrogen functional groups attached to an aromatic ring is 1. The fourth-order valence-electron chi connectivity index (χ4n) is 1.78. The molecular formula is C14H14N4O3. The highest BCUT2D eigenvalue weighted by atomic mass is 16.4. The average Bonchev–Trinajstić information content (AvgIpc) is 2.43. The summed E-state index contributed by atoms with van der Waals surface area (Å²) in [6.45, 7) is 3.41. The second kappa shape index (κ2) is 5.58. The minimum absolute atomic E-state index is 0.0584. The average molecular weight is 286 g/mol. The molecule has 0 aliphatic heterocycles. The standard InChI is InChI=1S/C14H14N4O3/c1-7-5-10(8(2)18-17-7)13(19)16-12-4-3-9(14(20)21)6-11(12)15/h3-6H,15H2,1-2H3,(H,16,19)(H,20,21). The van der Waals surface area contributed by atoms with Crippen molar-refractivity contribution in [2.45, 2.75) is 13.8 Å². The van der Waals surface area contributed by atoms with Crippen LogP contribution in [-0.2, 0) is 0 Å². The highest BCUT2D eigenvalue weighted by Gasteiger charge is 2.13. The second-order valence-corrected chi connectivity index (χ2v) is 4.55. The van der Waals surface area contributed by atoms with Crippen LogP contribution in [0, 0.1) is 13.8 Å². The minimum Gasteiger partial charge on any atom is -0.478 e. The maximum atomic E-state index is 12.2. The molecule has 7 nitrogen and oxygen atoms in total. The first-order chi connectivity index (χ1) is 9.88. The van der Waals surface area contributed by atoms with Gasteiger partial charge in [-0.3, -0.25) is 4.79 Å². The fourth-order valence-corrected chi connectivity index (χ4v) is 1.78. The largest absolute Gasteiger partial charge is 0.478 e. The Bertz CT molecular complexity index is 728. The molecule has 1 aromatic heterocycles. The summed E-state index contributed by atoms with van der Waals surface area (Å²) in [7, 11) is 0. The summed E-state index contributed by atoms with van der Waals surface area (Å²) in [5.74, 6) is -1.45. The third-order valence-corrected chi connectivity index (χ3v) is 2.89. The lowest BCUT2D eigenvalue weighted by molar-refractivity contribution is 0.0697. The first kappa shape index (κ1) is 14.4. The number of nitrogens with zero attached hydrogens (tertiary/aromatic N) is 2. The van der Waals surface area contributed by atoms with Crippen molar-refractivity contribution in [2.24, 2.45) is 0 Å². The number of aromatic carboxylic acids is 1. The van der Waals surface area contributed by atoms with Crippen LogP contribution in [0.1, 0.15) is 32.1 Å². The first-order valence-electron chi connectivity index (χ1n) is 6.13. The summed E-state index contributed by atoms with van der Waals surface area (Å²) in [5, 5.41) is 19.2. The number of rotatable bonds is 3. The third kappa shape index (κ3) is 3.14. The predicted molar refractivity (Wildman–Crippen MR) is 77.3 cm³/mol. The number of nitrogens with two attached hydrogens (primary N) is 1. The summed E-state index contributed by atoms with van der Waals surface area (Å²) in [6, 6.07) is 5.74. The van der Waals surface area contributed by atoms with E-state index in [9.17, 15) is 9.59 Å². The number of amides is 1. The molecule has 0 fully saturated rings. The van der Waals surface area contributed by atoms with E-state index in [4.69, 9.17) is 10.8 Å². The minimum atomic E-state index is -1.08. The molecular weight excluding hydrogens is 272 g/mol. The zero-order valence-electron chi connectivity index (χ0n) is 11.5. The van der Waals surface area contributed by atoms with Gasteiger partial charge in [0.25, 0.3) is 5.91 Å². The van der Waals surface area contributed by atoms with Crippen molar-refractivity contribution in [3.8, 4) is 0 Å². The van der Waals surface area contributed by atoms with Crippen LogP contribution in [0.2, 0.25) is 0 Å². The lowest BCUT2D eigenvalue weighted by Gasteiger charge is -2.10. The van der Waals surface area contributed by atoms with Crippen molar-refractivity contribution in [1.82, 2.24) is 10.2 Å². The normalized spacial score (nSPS) is 10.2. The molecule has 108 valence electrons. The molecule has 4 N–H and O–H groups in total. The lowest BCUT2D eigenvalue weighted by atomic mass is 10.1. The van der Waals surface area contributed by atoms with Gasteiger partial charge in [0.1, 0.15) is 0 Å². The van der Waals surface area contributed by atoms with Gasteiger partial charge < -0.3 is 16.2 Å². The number of carboxylic acids is 1. The highest BCUT2D eigenvalue weighted by Crippen LogP contribution is 2.21. The Balaban J connectivity index is 2.27. The number of hydrogen-bond acceptors (Lipinski definition) is 5. The van der Waals surface area contributed by atoms with Gasteiger partial charge >= 0.3 is 5.97 Å². The maximum Gasteiger partial charge on any atom is 0.335 e. The number of benzene rings is 1. The number of nitrogens with one attached hydrogen (secondary N) is 1. The van der Waals surface area contributed by atoms with Crippen LogP contribution >= 0.6 is 0 Å². The number of aromatic nitrogens is 2. The molecule has 0 saturated carbocycles. The quantitative estimate of drug-likeness (QED) is 0.738. The number of anilines is 2. The van der Waals surface area contributed by atoms with Crippen LogP contribution in [0.25, 0.3) is 0 Å². The van der Waals surface area contributed by atoms with Crippen molar-refractivity contribution in [3.05, 3.63) is 46.8 Å². The van der Waals surface area contributed by atoms with Gasteiger partial charge in [0.05, 0.1) is 33.9 Å². The van der Waals surface area contributed by atoms with E-state index >= 15 is 0 Å². The maximum absolute atomic E-state index is 12.2. The topological polar surface area (TPSA) is 118 Å². The van der Waals surface area contributed by atoms with E-state index in [0.717, 1.165) is 0 Å². The Labute approximate surface area is 120 Å². The number of hydrogen-bond donors (Lipinski definition) is 3.